The first-order valence-corrected chi connectivity index (χ1v) is 7.71. The monoisotopic (exact) mass is 379 g/mol. The fourth-order valence-corrected chi connectivity index (χ4v) is 2.91. The maximum atomic E-state index is 12.2. The quantitative estimate of drug-likeness (QED) is 0.710. The van der Waals surface area contributed by atoms with Gasteiger partial charge in [-0.1, -0.05) is 27.5 Å². The topological polar surface area (TPSA) is 20.3 Å². The van der Waals surface area contributed by atoms with E-state index in [0.717, 1.165) is 29.3 Å². The van der Waals surface area contributed by atoms with E-state index in [1.807, 2.05) is 11.0 Å². The Morgan fingerprint density at radius 2 is 2.29 bits per heavy atom. The highest BCUT2D eigenvalue weighted by Gasteiger charge is 2.26. The fraction of sp³-hybridized carbons (Fsp3) is 0.417. The van der Waals surface area contributed by atoms with E-state index in [1.165, 1.54) is 0 Å². The lowest BCUT2D eigenvalue weighted by molar-refractivity contribution is 0.0788. The number of nitrogens with zero attached hydrogens (tertiary/aromatic N) is 1. The molecule has 0 radical (unpaired) electrons. The second kappa shape index (κ2) is 5.72. The maximum absolute atomic E-state index is 12.2. The average molecular weight is 381 g/mol. The predicted molar refractivity (Wildman–Crippen MR) is 77.0 cm³/mol. The Bertz CT molecular complexity index is 439. The van der Waals surface area contributed by atoms with E-state index in [4.69, 9.17) is 11.6 Å². The van der Waals surface area contributed by atoms with Gasteiger partial charge in [0, 0.05) is 28.5 Å². The van der Waals surface area contributed by atoms with Gasteiger partial charge in [-0.15, -0.1) is 0 Å². The number of likely N-dealkylation sites (tertiary alicyclic amines) is 1. The first-order chi connectivity index (χ1) is 8.11. The normalized spacial score (nSPS) is 19.7. The largest absolute Gasteiger partial charge is 0.338 e. The summed E-state index contributed by atoms with van der Waals surface area (Å²) in [4.78, 5) is 14.1. The fourth-order valence-electron chi connectivity index (χ4n) is 1.95. The molecule has 17 heavy (non-hydrogen) atoms. The Labute approximate surface area is 123 Å². The molecular weight excluding hydrogens is 369 g/mol. The van der Waals surface area contributed by atoms with Crippen LogP contribution in [0.2, 0.25) is 5.02 Å². The molecule has 0 aromatic heterocycles. The zero-order valence-electron chi connectivity index (χ0n) is 9.13. The van der Waals surface area contributed by atoms with Crippen LogP contribution in [0.15, 0.2) is 22.7 Å². The molecule has 1 aromatic rings. The molecule has 5 heteroatoms. The van der Waals surface area contributed by atoms with Crippen molar-refractivity contribution < 1.29 is 4.79 Å². The molecule has 1 atom stereocenters. The lowest BCUT2D eigenvalue weighted by Gasteiger charge is -2.16. The zero-order valence-corrected chi connectivity index (χ0v) is 13.1. The highest BCUT2D eigenvalue weighted by atomic mass is 79.9. The molecule has 1 aromatic carbocycles. The van der Waals surface area contributed by atoms with Crippen LogP contribution < -0.4 is 0 Å². The summed E-state index contributed by atoms with van der Waals surface area (Å²) in [5.41, 5.74) is 0.661. The molecule has 0 N–H and O–H groups in total. The van der Waals surface area contributed by atoms with Crippen molar-refractivity contribution in [3.63, 3.8) is 0 Å². The molecule has 1 saturated heterocycles. The molecule has 2 nitrogen and oxygen atoms in total. The van der Waals surface area contributed by atoms with E-state index < -0.39 is 0 Å². The third-order valence-electron chi connectivity index (χ3n) is 2.96. The Morgan fingerprint density at radius 3 is 2.88 bits per heavy atom. The van der Waals surface area contributed by atoms with Crippen LogP contribution in [0.4, 0.5) is 0 Å². The number of rotatable bonds is 2. The van der Waals surface area contributed by atoms with E-state index in [9.17, 15) is 4.79 Å². The summed E-state index contributed by atoms with van der Waals surface area (Å²) in [6, 6.07) is 5.34. The number of hydrogen-bond acceptors (Lipinski definition) is 1. The van der Waals surface area contributed by atoms with Gasteiger partial charge < -0.3 is 4.90 Å². The number of benzene rings is 1. The van der Waals surface area contributed by atoms with Crippen LogP contribution in [0.5, 0.6) is 0 Å². The number of carbonyl (C=O) groups is 1. The standard InChI is InChI=1S/C12H12Br2ClNO/c13-6-8-3-4-16(7-8)12(17)9-1-2-10(14)11(15)5-9/h1-2,5,8H,3-4,6-7H2. The molecule has 1 aliphatic heterocycles. The van der Waals surface area contributed by atoms with E-state index >= 15 is 0 Å². The van der Waals surface area contributed by atoms with Crippen LogP contribution in [0, 0.1) is 5.92 Å². The number of carbonyl (C=O) groups excluding carboxylic acids is 1. The van der Waals surface area contributed by atoms with Gasteiger partial charge in [0.2, 0.25) is 0 Å². The first-order valence-electron chi connectivity index (χ1n) is 5.42. The van der Waals surface area contributed by atoms with Crippen molar-refractivity contribution in [3.8, 4) is 0 Å². The molecule has 1 unspecified atom stereocenters. The minimum atomic E-state index is 0.0721. The van der Waals surface area contributed by atoms with Gasteiger partial charge in [-0.05, 0) is 46.5 Å². The van der Waals surface area contributed by atoms with E-state index in [1.54, 1.807) is 12.1 Å². The number of alkyl halides is 1. The molecule has 1 fully saturated rings. The molecular formula is C12H12Br2ClNO. The molecule has 0 bridgehead atoms. The van der Waals surface area contributed by atoms with Crippen molar-refractivity contribution in [2.45, 2.75) is 6.42 Å². The van der Waals surface area contributed by atoms with Crippen LogP contribution in [0.1, 0.15) is 16.8 Å². The van der Waals surface area contributed by atoms with Gasteiger partial charge in [-0.2, -0.15) is 0 Å². The zero-order chi connectivity index (χ0) is 12.4. The Balaban J connectivity index is 2.12. The van der Waals surface area contributed by atoms with Crippen LogP contribution in [-0.2, 0) is 0 Å². The van der Waals surface area contributed by atoms with Crippen molar-refractivity contribution >= 4 is 49.4 Å². The predicted octanol–water partition coefficient (Wildman–Crippen LogP) is 3.96. The summed E-state index contributed by atoms with van der Waals surface area (Å²) in [7, 11) is 0. The third-order valence-corrected chi connectivity index (χ3v) is 5.11. The molecule has 92 valence electrons. The lowest BCUT2D eigenvalue weighted by atomic mass is 10.2. The number of hydrogen-bond donors (Lipinski definition) is 0. The highest BCUT2D eigenvalue weighted by molar-refractivity contribution is 9.10. The van der Waals surface area contributed by atoms with Crippen LogP contribution in [0.25, 0.3) is 0 Å². The minimum Gasteiger partial charge on any atom is -0.338 e. The van der Waals surface area contributed by atoms with Gasteiger partial charge in [-0.3, -0.25) is 4.79 Å². The molecule has 0 saturated carbocycles. The molecule has 0 aliphatic carbocycles. The van der Waals surface area contributed by atoms with Gasteiger partial charge >= 0.3 is 0 Å². The van der Waals surface area contributed by atoms with E-state index in [-0.39, 0.29) is 5.91 Å². The van der Waals surface area contributed by atoms with Crippen molar-refractivity contribution in [2.24, 2.45) is 5.92 Å². The summed E-state index contributed by atoms with van der Waals surface area (Å²) in [5, 5.41) is 1.53. The maximum Gasteiger partial charge on any atom is 0.253 e. The van der Waals surface area contributed by atoms with Crippen molar-refractivity contribution in [1.29, 1.82) is 0 Å². The van der Waals surface area contributed by atoms with Crippen molar-refractivity contribution in [1.82, 2.24) is 4.90 Å². The SMILES string of the molecule is O=C(c1ccc(Br)c(Cl)c1)N1CCC(CBr)C1. The van der Waals surface area contributed by atoms with Crippen molar-refractivity contribution in [2.75, 3.05) is 18.4 Å². The van der Waals surface area contributed by atoms with E-state index in [0.29, 0.717) is 16.5 Å². The first kappa shape index (κ1) is 13.4. The summed E-state index contributed by atoms with van der Waals surface area (Å²) >= 11 is 12.8. The molecule has 2 rings (SSSR count). The van der Waals surface area contributed by atoms with Gasteiger partial charge in [0.1, 0.15) is 0 Å². The smallest absolute Gasteiger partial charge is 0.253 e. The van der Waals surface area contributed by atoms with Gasteiger partial charge in [0.15, 0.2) is 0 Å². The summed E-state index contributed by atoms with van der Waals surface area (Å²) in [6.45, 7) is 1.67. The Hall–Kier alpha value is -0.0600. The third kappa shape index (κ3) is 3.04. The lowest BCUT2D eigenvalue weighted by Crippen LogP contribution is -2.28. The van der Waals surface area contributed by atoms with Crippen LogP contribution in [-0.4, -0.2) is 29.2 Å². The summed E-state index contributed by atoms with van der Waals surface area (Å²) < 4.78 is 0.815. The summed E-state index contributed by atoms with van der Waals surface area (Å²) in [6.07, 6.45) is 1.07. The molecule has 1 heterocycles. The number of halogens is 3. The average Bonchev–Trinajstić information content (AvgIpc) is 2.80. The minimum absolute atomic E-state index is 0.0721. The van der Waals surface area contributed by atoms with Gasteiger partial charge in [0.25, 0.3) is 5.91 Å². The Morgan fingerprint density at radius 1 is 1.53 bits per heavy atom. The molecule has 1 amide bonds. The van der Waals surface area contributed by atoms with Crippen LogP contribution >= 0.6 is 43.5 Å². The second-order valence-corrected chi connectivity index (χ2v) is 6.10. The Kier molecular flexibility index (Phi) is 4.50. The molecule has 1 aliphatic rings. The second-order valence-electron chi connectivity index (χ2n) is 4.19. The molecule has 0 spiro atoms. The number of amides is 1. The van der Waals surface area contributed by atoms with Gasteiger partial charge in [0.05, 0.1) is 5.02 Å². The van der Waals surface area contributed by atoms with Crippen molar-refractivity contribution in [3.05, 3.63) is 33.3 Å². The van der Waals surface area contributed by atoms with E-state index in [2.05, 4.69) is 31.9 Å². The summed E-state index contributed by atoms with van der Waals surface area (Å²) in [5.74, 6) is 0.646. The highest BCUT2D eigenvalue weighted by Crippen LogP contribution is 2.25. The van der Waals surface area contributed by atoms with Crippen LogP contribution in [0.3, 0.4) is 0 Å². The van der Waals surface area contributed by atoms with Gasteiger partial charge in [-0.25, -0.2) is 0 Å².